The van der Waals surface area contributed by atoms with E-state index in [1.54, 1.807) is 0 Å². The molecule has 1 heterocycles. The van der Waals surface area contributed by atoms with Crippen LogP contribution in [0.1, 0.15) is 32.2 Å². The molecule has 0 aliphatic rings. The summed E-state index contributed by atoms with van der Waals surface area (Å²) in [6.45, 7) is 7.68. The highest BCUT2D eigenvalue weighted by molar-refractivity contribution is 7.15. The fourth-order valence-electron chi connectivity index (χ4n) is 0.774. The maximum atomic E-state index is 11.7. The number of aryl methyl sites for hydroxylation is 1. The molecule has 0 unspecified atom stereocenters. The SMILES string of the molecule is CCC(C)(C)C(=O)Nc1nnc(C)s1. The number of nitrogens with one attached hydrogen (secondary N) is 1. The zero-order chi connectivity index (χ0) is 10.8. The van der Waals surface area contributed by atoms with Gasteiger partial charge in [-0.3, -0.25) is 4.79 Å². The highest BCUT2D eigenvalue weighted by atomic mass is 32.1. The van der Waals surface area contributed by atoms with E-state index in [4.69, 9.17) is 0 Å². The van der Waals surface area contributed by atoms with E-state index in [0.29, 0.717) is 5.13 Å². The quantitative estimate of drug-likeness (QED) is 0.837. The zero-order valence-corrected chi connectivity index (χ0v) is 9.73. The number of hydrogen-bond acceptors (Lipinski definition) is 4. The molecular weight excluding hydrogens is 198 g/mol. The van der Waals surface area contributed by atoms with Gasteiger partial charge in [-0.1, -0.05) is 32.1 Å². The average molecular weight is 213 g/mol. The third kappa shape index (κ3) is 2.51. The standard InChI is InChI=1S/C9H15N3OS/c1-5-9(3,4)7(13)10-8-12-11-6(2)14-8/h5H2,1-4H3,(H,10,12,13). The number of amides is 1. The fourth-order valence-corrected chi connectivity index (χ4v) is 1.36. The van der Waals surface area contributed by atoms with E-state index in [1.165, 1.54) is 11.3 Å². The van der Waals surface area contributed by atoms with E-state index in [0.717, 1.165) is 11.4 Å². The van der Waals surface area contributed by atoms with Gasteiger partial charge in [0.25, 0.3) is 0 Å². The summed E-state index contributed by atoms with van der Waals surface area (Å²) in [5.41, 5.74) is -0.348. The molecule has 5 heteroatoms. The van der Waals surface area contributed by atoms with Crippen molar-refractivity contribution in [1.82, 2.24) is 10.2 Å². The normalized spacial score (nSPS) is 11.4. The van der Waals surface area contributed by atoms with Crippen molar-refractivity contribution in [2.75, 3.05) is 5.32 Å². The van der Waals surface area contributed by atoms with Gasteiger partial charge in [0.15, 0.2) is 0 Å². The van der Waals surface area contributed by atoms with Crippen molar-refractivity contribution in [3.63, 3.8) is 0 Å². The monoisotopic (exact) mass is 213 g/mol. The highest BCUT2D eigenvalue weighted by Gasteiger charge is 2.25. The van der Waals surface area contributed by atoms with Crippen molar-refractivity contribution in [1.29, 1.82) is 0 Å². The second-order valence-corrected chi connectivity index (χ2v) is 5.00. The number of rotatable bonds is 3. The summed E-state index contributed by atoms with van der Waals surface area (Å²) in [7, 11) is 0. The molecule has 1 rings (SSSR count). The molecule has 0 aromatic carbocycles. The van der Waals surface area contributed by atoms with Gasteiger partial charge in [0.05, 0.1) is 0 Å². The van der Waals surface area contributed by atoms with Crippen LogP contribution in [0.4, 0.5) is 5.13 Å². The van der Waals surface area contributed by atoms with Crippen molar-refractivity contribution < 1.29 is 4.79 Å². The van der Waals surface area contributed by atoms with Crippen molar-refractivity contribution >= 4 is 22.4 Å². The van der Waals surface area contributed by atoms with E-state index in [2.05, 4.69) is 15.5 Å². The van der Waals surface area contributed by atoms with Crippen LogP contribution in [-0.2, 0) is 4.79 Å². The van der Waals surface area contributed by atoms with Crippen molar-refractivity contribution in [3.8, 4) is 0 Å². The predicted molar refractivity (Wildman–Crippen MR) is 57.3 cm³/mol. The first-order valence-electron chi connectivity index (χ1n) is 4.57. The summed E-state index contributed by atoms with van der Waals surface area (Å²) < 4.78 is 0. The van der Waals surface area contributed by atoms with Crippen molar-refractivity contribution in [3.05, 3.63) is 5.01 Å². The van der Waals surface area contributed by atoms with E-state index >= 15 is 0 Å². The molecule has 1 aromatic heterocycles. The van der Waals surface area contributed by atoms with Gasteiger partial charge >= 0.3 is 0 Å². The molecule has 4 nitrogen and oxygen atoms in total. The third-order valence-corrected chi connectivity index (χ3v) is 3.00. The third-order valence-electron chi connectivity index (χ3n) is 2.25. The first-order valence-corrected chi connectivity index (χ1v) is 5.39. The van der Waals surface area contributed by atoms with Crippen molar-refractivity contribution in [2.45, 2.75) is 34.1 Å². The Kier molecular flexibility index (Phi) is 3.21. The molecule has 0 fully saturated rings. The minimum Gasteiger partial charge on any atom is -0.300 e. The molecule has 0 aliphatic heterocycles. The zero-order valence-electron chi connectivity index (χ0n) is 8.92. The second-order valence-electron chi connectivity index (χ2n) is 3.82. The Bertz CT molecular complexity index is 333. The largest absolute Gasteiger partial charge is 0.300 e. The van der Waals surface area contributed by atoms with Crippen LogP contribution in [0.2, 0.25) is 0 Å². The van der Waals surface area contributed by atoms with Gasteiger partial charge in [0.1, 0.15) is 5.01 Å². The van der Waals surface area contributed by atoms with Crippen molar-refractivity contribution in [2.24, 2.45) is 5.41 Å². The Hall–Kier alpha value is -0.970. The minimum absolute atomic E-state index is 0.00356. The van der Waals surface area contributed by atoms with Gasteiger partial charge in [0.2, 0.25) is 11.0 Å². The summed E-state index contributed by atoms with van der Waals surface area (Å²) in [4.78, 5) is 11.7. The van der Waals surface area contributed by atoms with Gasteiger partial charge in [-0.05, 0) is 13.3 Å². The molecule has 0 saturated heterocycles. The van der Waals surface area contributed by atoms with E-state index < -0.39 is 0 Å². The van der Waals surface area contributed by atoms with E-state index in [1.807, 2.05) is 27.7 Å². The van der Waals surface area contributed by atoms with E-state index in [9.17, 15) is 4.79 Å². The van der Waals surface area contributed by atoms with Crippen LogP contribution in [0.15, 0.2) is 0 Å². The van der Waals surface area contributed by atoms with Gasteiger partial charge < -0.3 is 5.32 Å². The summed E-state index contributed by atoms with van der Waals surface area (Å²) in [5.74, 6) is -0.00356. The van der Waals surface area contributed by atoms with Gasteiger partial charge in [-0.2, -0.15) is 0 Å². The maximum Gasteiger partial charge on any atom is 0.231 e. The topological polar surface area (TPSA) is 54.9 Å². The second kappa shape index (κ2) is 4.04. The lowest BCUT2D eigenvalue weighted by molar-refractivity contribution is -0.124. The van der Waals surface area contributed by atoms with Crippen LogP contribution in [0, 0.1) is 12.3 Å². The van der Waals surface area contributed by atoms with Crippen LogP contribution in [0.5, 0.6) is 0 Å². The molecule has 0 aliphatic carbocycles. The number of carbonyl (C=O) groups is 1. The highest BCUT2D eigenvalue weighted by Crippen LogP contribution is 2.23. The molecule has 14 heavy (non-hydrogen) atoms. The molecule has 0 atom stereocenters. The smallest absolute Gasteiger partial charge is 0.231 e. The number of hydrogen-bond donors (Lipinski definition) is 1. The molecule has 0 bridgehead atoms. The van der Waals surface area contributed by atoms with Crippen LogP contribution in [0.3, 0.4) is 0 Å². The average Bonchev–Trinajstić information content (AvgIpc) is 2.51. The van der Waals surface area contributed by atoms with Crippen LogP contribution in [0.25, 0.3) is 0 Å². The van der Waals surface area contributed by atoms with Crippen LogP contribution >= 0.6 is 11.3 Å². The molecule has 0 saturated carbocycles. The molecule has 1 amide bonds. The van der Waals surface area contributed by atoms with Gasteiger partial charge in [0, 0.05) is 5.41 Å². The Morgan fingerprint density at radius 1 is 1.50 bits per heavy atom. The molecular formula is C9H15N3OS. The first-order chi connectivity index (χ1) is 6.45. The minimum atomic E-state index is -0.348. The van der Waals surface area contributed by atoms with Crippen LogP contribution < -0.4 is 5.32 Å². The molecule has 78 valence electrons. The lowest BCUT2D eigenvalue weighted by atomic mass is 9.89. The molecule has 0 spiro atoms. The summed E-state index contributed by atoms with van der Waals surface area (Å²) in [6.07, 6.45) is 0.802. The number of carbonyl (C=O) groups excluding carboxylic acids is 1. The Morgan fingerprint density at radius 3 is 2.57 bits per heavy atom. The Balaban J connectivity index is 2.66. The number of aromatic nitrogens is 2. The number of nitrogens with zero attached hydrogens (tertiary/aromatic N) is 2. The predicted octanol–water partition coefficient (Wildman–Crippen LogP) is 2.22. The molecule has 0 radical (unpaired) electrons. The fraction of sp³-hybridized carbons (Fsp3) is 0.667. The lowest BCUT2D eigenvalue weighted by Crippen LogP contribution is -2.29. The van der Waals surface area contributed by atoms with Gasteiger partial charge in [-0.25, -0.2) is 0 Å². The summed E-state index contributed by atoms with van der Waals surface area (Å²) in [6, 6.07) is 0. The van der Waals surface area contributed by atoms with E-state index in [-0.39, 0.29) is 11.3 Å². The van der Waals surface area contributed by atoms with Crippen LogP contribution in [-0.4, -0.2) is 16.1 Å². The first kappa shape index (κ1) is 11.1. The lowest BCUT2D eigenvalue weighted by Gasteiger charge is -2.19. The van der Waals surface area contributed by atoms with Gasteiger partial charge in [-0.15, -0.1) is 10.2 Å². The Morgan fingerprint density at radius 2 is 2.14 bits per heavy atom. The number of anilines is 1. The summed E-state index contributed by atoms with van der Waals surface area (Å²) in [5, 5.41) is 11.9. The summed E-state index contributed by atoms with van der Waals surface area (Å²) >= 11 is 1.39. The molecule has 1 aromatic rings. The molecule has 1 N–H and O–H groups in total. The Labute approximate surface area is 87.7 Å². The maximum absolute atomic E-state index is 11.7.